The fraction of sp³-hybridized carbons (Fsp3) is 0. The van der Waals surface area contributed by atoms with Gasteiger partial charge in [-0.25, -0.2) is 0 Å². The maximum absolute atomic E-state index is 3.67. The molecule has 0 radical (unpaired) electrons. The number of hydrogen-bond donors (Lipinski definition) is 1. The lowest BCUT2D eigenvalue weighted by molar-refractivity contribution is 1.54. The van der Waals surface area contributed by atoms with Crippen molar-refractivity contribution in [1.82, 2.24) is 4.98 Å². The highest BCUT2D eigenvalue weighted by atomic mass is 79.9. The highest BCUT2D eigenvalue weighted by molar-refractivity contribution is 9.10. The monoisotopic (exact) mass is 345 g/mol. The number of benzene rings is 4. The number of H-pyrrole nitrogens is 1. The molecule has 0 spiro atoms. The number of aromatic amines is 1. The number of hydrogen-bond acceptors (Lipinski definition) is 0. The van der Waals surface area contributed by atoms with Gasteiger partial charge in [0.05, 0.1) is 11.0 Å². The predicted octanol–water partition coefficient (Wildman–Crippen LogP) is 6.39. The van der Waals surface area contributed by atoms with Crippen LogP contribution in [0.4, 0.5) is 0 Å². The zero-order valence-corrected chi connectivity index (χ0v) is 13.3. The van der Waals surface area contributed by atoms with Gasteiger partial charge >= 0.3 is 0 Å². The smallest absolute Gasteiger partial charge is 0.0609 e. The number of para-hydroxylation sites is 1. The van der Waals surface area contributed by atoms with Crippen LogP contribution < -0.4 is 0 Å². The van der Waals surface area contributed by atoms with E-state index in [9.17, 15) is 0 Å². The summed E-state index contributed by atoms with van der Waals surface area (Å²) in [7, 11) is 0. The van der Waals surface area contributed by atoms with Crippen LogP contribution in [0.3, 0.4) is 0 Å². The number of halogens is 1. The van der Waals surface area contributed by atoms with Crippen LogP contribution in [0.15, 0.2) is 71.2 Å². The maximum Gasteiger partial charge on any atom is 0.0609 e. The Morgan fingerprint density at radius 1 is 0.545 bits per heavy atom. The molecule has 0 aliphatic heterocycles. The first-order chi connectivity index (χ1) is 10.8. The van der Waals surface area contributed by atoms with Gasteiger partial charge in [-0.2, -0.15) is 0 Å². The minimum absolute atomic E-state index is 1.11. The number of nitrogens with one attached hydrogen (secondary N) is 1. The predicted molar refractivity (Wildman–Crippen MR) is 98.5 cm³/mol. The van der Waals surface area contributed by atoms with Gasteiger partial charge in [0.25, 0.3) is 0 Å². The Bertz CT molecular complexity index is 1180. The van der Waals surface area contributed by atoms with Crippen LogP contribution in [0.1, 0.15) is 0 Å². The Morgan fingerprint density at radius 2 is 1.14 bits per heavy atom. The molecule has 22 heavy (non-hydrogen) atoms. The van der Waals surface area contributed by atoms with Gasteiger partial charge in [0.1, 0.15) is 0 Å². The van der Waals surface area contributed by atoms with Crippen molar-refractivity contribution in [3.63, 3.8) is 0 Å². The first kappa shape index (κ1) is 12.2. The average molecular weight is 346 g/mol. The lowest BCUT2D eigenvalue weighted by Gasteiger charge is -2.06. The molecule has 1 aromatic heterocycles. The molecule has 104 valence electrons. The van der Waals surface area contributed by atoms with Gasteiger partial charge in [-0.05, 0) is 38.2 Å². The van der Waals surface area contributed by atoms with Gasteiger partial charge in [-0.1, -0.05) is 60.7 Å². The van der Waals surface area contributed by atoms with Crippen molar-refractivity contribution in [3.05, 3.63) is 71.2 Å². The standard InChI is InChI=1S/C20H12BrN/c21-17-11-5-10-16-18-14-8-3-1-6-12(14)13-7-2-4-9-15(13)20(18)22-19(16)17/h1-11,22H. The number of aromatic nitrogens is 1. The molecule has 1 nitrogen and oxygen atoms in total. The van der Waals surface area contributed by atoms with Gasteiger partial charge < -0.3 is 4.98 Å². The summed E-state index contributed by atoms with van der Waals surface area (Å²) in [5.41, 5.74) is 2.38. The third kappa shape index (κ3) is 1.48. The Hall–Kier alpha value is -2.32. The Morgan fingerprint density at radius 3 is 1.91 bits per heavy atom. The molecule has 0 amide bonds. The molecule has 0 saturated carbocycles. The lowest BCUT2D eigenvalue weighted by Crippen LogP contribution is -1.80. The van der Waals surface area contributed by atoms with E-state index in [1.807, 2.05) is 0 Å². The van der Waals surface area contributed by atoms with E-state index in [-0.39, 0.29) is 0 Å². The van der Waals surface area contributed by atoms with Gasteiger partial charge in [-0.15, -0.1) is 0 Å². The van der Waals surface area contributed by atoms with Crippen LogP contribution in [-0.2, 0) is 0 Å². The molecule has 0 atom stereocenters. The molecule has 5 rings (SSSR count). The molecule has 2 heteroatoms. The van der Waals surface area contributed by atoms with E-state index in [1.54, 1.807) is 0 Å². The quantitative estimate of drug-likeness (QED) is 0.313. The summed E-state index contributed by atoms with van der Waals surface area (Å²) in [5.74, 6) is 0. The van der Waals surface area contributed by atoms with Crippen molar-refractivity contribution < 1.29 is 0 Å². The van der Waals surface area contributed by atoms with Gasteiger partial charge in [-0.3, -0.25) is 0 Å². The van der Waals surface area contributed by atoms with E-state index < -0.39 is 0 Å². The zero-order valence-electron chi connectivity index (χ0n) is 11.7. The number of fused-ring (bicyclic) bond motifs is 8. The number of rotatable bonds is 0. The van der Waals surface area contributed by atoms with Gasteiger partial charge in [0.15, 0.2) is 0 Å². The summed E-state index contributed by atoms with van der Waals surface area (Å²) in [6.07, 6.45) is 0. The summed E-state index contributed by atoms with van der Waals surface area (Å²) >= 11 is 3.67. The van der Waals surface area contributed by atoms with E-state index in [1.165, 1.54) is 43.4 Å². The summed E-state index contributed by atoms with van der Waals surface area (Å²) in [6, 6.07) is 23.7. The second-order valence-corrected chi connectivity index (χ2v) is 6.48. The van der Waals surface area contributed by atoms with Crippen LogP contribution in [0.25, 0.3) is 43.4 Å². The van der Waals surface area contributed by atoms with Gasteiger partial charge in [0.2, 0.25) is 0 Å². The fourth-order valence-corrected chi connectivity index (χ4v) is 4.00. The topological polar surface area (TPSA) is 15.8 Å². The molecule has 4 aromatic carbocycles. The lowest BCUT2D eigenvalue weighted by atomic mass is 9.97. The van der Waals surface area contributed by atoms with Crippen molar-refractivity contribution >= 4 is 59.3 Å². The van der Waals surface area contributed by atoms with Crippen molar-refractivity contribution in [2.45, 2.75) is 0 Å². The highest BCUT2D eigenvalue weighted by Gasteiger charge is 2.13. The Labute approximate surface area is 135 Å². The van der Waals surface area contributed by atoms with Crippen molar-refractivity contribution in [2.75, 3.05) is 0 Å². The molecular weight excluding hydrogens is 334 g/mol. The normalized spacial score (nSPS) is 11.9. The van der Waals surface area contributed by atoms with Crippen molar-refractivity contribution in [2.24, 2.45) is 0 Å². The van der Waals surface area contributed by atoms with Crippen LogP contribution in [0.2, 0.25) is 0 Å². The zero-order chi connectivity index (χ0) is 14.7. The third-order valence-electron chi connectivity index (χ3n) is 4.47. The molecule has 0 aliphatic rings. The van der Waals surface area contributed by atoms with Gasteiger partial charge in [0, 0.05) is 20.6 Å². The van der Waals surface area contributed by atoms with E-state index >= 15 is 0 Å². The van der Waals surface area contributed by atoms with E-state index in [4.69, 9.17) is 0 Å². The van der Waals surface area contributed by atoms with E-state index in [0.29, 0.717) is 0 Å². The van der Waals surface area contributed by atoms with Crippen LogP contribution >= 0.6 is 15.9 Å². The molecule has 0 bridgehead atoms. The SMILES string of the molecule is Brc1cccc2c1[nH]c1c3ccccc3c3ccccc3c21. The summed E-state index contributed by atoms with van der Waals surface area (Å²) in [5, 5.41) is 7.77. The minimum atomic E-state index is 1.11. The molecule has 0 saturated heterocycles. The molecular formula is C20H12BrN. The Balaban J connectivity index is 2.24. The van der Waals surface area contributed by atoms with E-state index in [0.717, 1.165) is 4.47 Å². The van der Waals surface area contributed by atoms with E-state index in [2.05, 4.69) is 87.6 Å². The molecule has 5 aromatic rings. The molecule has 1 heterocycles. The summed E-state index contributed by atoms with van der Waals surface area (Å²) in [6.45, 7) is 0. The molecule has 1 N–H and O–H groups in total. The van der Waals surface area contributed by atoms with Crippen molar-refractivity contribution in [1.29, 1.82) is 0 Å². The fourth-order valence-electron chi connectivity index (χ4n) is 3.54. The molecule has 0 unspecified atom stereocenters. The second-order valence-electron chi connectivity index (χ2n) is 5.63. The van der Waals surface area contributed by atoms with Crippen LogP contribution in [-0.4, -0.2) is 4.98 Å². The third-order valence-corrected chi connectivity index (χ3v) is 5.13. The van der Waals surface area contributed by atoms with Crippen molar-refractivity contribution in [3.8, 4) is 0 Å². The van der Waals surface area contributed by atoms with Crippen LogP contribution in [0, 0.1) is 0 Å². The first-order valence-corrected chi connectivity index (χ1v) is 8.13. The minimum Gasteiger partial charge on any atom is -0.353 e. The summed E-state index contributed by atoms with van der Waals surface area (Å²) < 4.78 is 1.11. The Kier molecular flexibility index (Phi) is 2.42. The largest absolute Gasteiger partial charge is 0.353 e. The molecule has 0 fully saturated rings. The maximum atomic E-state index is 3.67. The first-order valence-electron chi connectivity index (χ1n) is 7.34. The van der Waals surface area contributed by atoms with Crippen LogP contribution in [0.5, 0.6) is 0 Å². The highest BCUT2D eigenvalue weighted by Crippen LogP contribution is 2.40. The average Bonchev–Trinajstić information content (AvgIpc) is 2.97. The summed E-state index contributed by atoms with van der Waals surface area (Å²) in [4.78, 5) is 3.63. The molecule has 0 aliphatic carbocycles. The second kappa shape index (κ2) is 4.34.